The Hall–Kier alpha value is -1.21. The summed E-state index contributed by atoms with van der Waals surface area (Å²) in [6.45, 7) is 0. The smallest absolute Gasteiger partial charge is 0.339 e. The fourth-order valence-electron chi connectivity index (χ4n) is 1.34. The average Bonchev–Trinajstić information content (AvgIpc) is 2.58. The van der Waals surface area contributed by atoms with Gasteiger partial charge in [0.1, 0.15) is 5.15 Å². The van der Waals surface area contributed by atoms with E-state index in [0.29, 0.717) is 19.9 Å². The van der Waals surface area contributed by atoms with Crippen LogP contribution in [-0.4, -0.2) is 36.1 Å². The van der Waals surface area contributed by atoms with Gasteiger partial charge in [-0.1, -0.05) is 11.6 Å². The van der Waals surface area contributed by atoms with Crippen molar-refractivity contribution >= 4 is 68.7 Å². The monoisotopic (exact) mass is 576 g/mol. The Balaban J connectivity index is 0.000000240. The maximum absolute atomic E-state index is 11.0. The Kier molecular flexibility index (Phi) is 8.62. The second kappa shape index (κ2) is 9.93. The topological polar surface area (TPSA) is 98.4 Å². The van der Waals surface area contributed by atoms with E-state index in [1.54, 1.807) is 6.07 Å². The van der Waals surface area contributed by atoms with Gasteiger partial charge in [0.2, 0.25) is 0 Å². The molecule has 1 N–H and O–H groups in total. The maximum Gasteiger partial charge on any atom is 0.339 e. The molecule has 0 radical (unpaired) electrons. The van der Waals surface area contributed by atoms with E-state index in [1.807, 2.05) is 45.2 Å². The number of aromatic amines is 1. The van der Waals surface area contributed by atoms with E-state index in [1.165, 1.54) is 32.7 Å². The molecular formula is C14H11ClI2N2O5. The molecule has 24 heavy (non-hydrogen) atoms. The number of carbonyl (C=O) groups is 2. The van der Waals surface area contributed by atoms with Gasteiger partial charge in [0.05, 0.1) is 32.5 Å². The Morgan fingerprint density at radius 2 is 1.62 bits per heavy atom. The summed E-state index contributed by atoms with van der Waals surface area (Å²) in [7, 11) is 2.62. The molecule has 0 saturated carbocycles. The van der Waals surface area contributed by atoms with Gasteiger partial charge in [-0.2, -0.15) is 0 Å². The highest BCUT2D eigenvalue weighted by atomic mass is 127. The standard InChI is InChI=1S/C7H5ClINO2.C7H6INO3/c1-12-7(11)4-2-5(9)6(8)10-3-4;1-12-7(11)4-2-5(8)6(10)9-3-4/h2-3H,1H3;2-3H,1H3,(H,9,10). The van der Waals surface area contributed by atoms with E-state index >= 15 is 0 Å². The first-order chi connectivity index (χ1) is 11.3. The number of hydrogen-bond donors (Lipinski definition) is 1. The quantitative estimate of drug-likeness (QED) is 0.336. The summed E-state index contributed by atoms with van der Waals surface area (Å²) in [4.78, 5) is 39.0. The zero-order chi connectivity index (χ0) is 18.3. The number of rotatable bonds is 2. The van der Waals surface area contributed by atoms with Gasteiger partial charge >= 0.3 is 11.9 Å². The van der Waals surface area contributed by atoms with E-state index in [9.17, 15) is 14.4 Å². The van der Waals surface area contributed by atoms with E-state index < -0.39 is 11.9 Å². The number of H-pyrrole nitrogens is 1. The number of nitrogens with one attached hydrogen (secondary N) is 1. The molecule has 0 aromatic carbocycles. The number of halogens is 3. The summed E-state index contributed by atoms with van der Waals surface area (Å²) >= 11 is 9.50. The van der Waals surface area contributed by atoms with Crippen LogP contribution in [0.5, 0.6) is 0 Å². The molecule has 0 aliphatic heterocycles. The van der Waals surface area contributed by atoms with Crippen molar-refractivity contribution in [2.75, 3.05) is 14.2 Å². The van der Waals surface area contributed by atoms with Gasteiger partial charge in [0, 0.05) is 12.4 Å². The number of pyridine rings is 2. The fraction of sp³-hybridized carbons (Fsp3) is 0.143. The average molecular weight is 577 g/mol. The lowest BCUT2D eigenvalue weighted by atomic mass is 10.3. The van der Waals surface area contributed by atoms with E-state index in [0.717, 1.165) is 3.57 Å². The number of ether oxygens (including phenoxy) is 2. The SMILES string of the molecule is COC(=O)c1c[nH]c(=O)c(I)c1.COC(=O)c1cnc(Cl)c(I)c1. The molecule has 0 fully saturated rings. The van der Waals surface area contributed by atoms with Crippen molar-refractivity contribution in [1.29, 1.82) is 0 Å². The van der Waals surface area contributed by atoms with Gasteiger partial charge in [-0.15, -0.1) is 0 Å². The molecule has 10 heteroatoms. The highest BCUT2D eigenvalue weighted by Gasteiger charge is 2.08. The third kappa shape index (κ3) is 6.02. The van der Waals surface area contributed by atoms with Crippen molar-refractivity contribution in [1.82, 2.24) is 9.97 Å². The van der Waals surface area contributed by atoms with Crippen LogP contribution in [0.25, 0.3) is 0 Å². The van der Waals surface area contributed by atoms with Crippen LogP contribution in [0, 0.1) is 7.14 Å². The van der Waals surface area contributed by atoms with Crippen LogP contribution in [0.1, 0.15) is 20.7 Å². The van der Waals surface area contributed by atoms with Crippen molar-refractivity contribution in [3.63, 3.8) is 0 Å². The molecule has 0 aliphatic rings. The lowest BCUT2D eigenvalue weighted by molar-refractivity contribution is 0.0591. The molecule has 0 unspecified atom stereocenters. The molecule has 2 aromatic heterocycles. The van der Waals surface area contributed by atoms with Gasteiger partial charge in [0.15, 0.2) is 0 Å². The van der Waals surface area contributed by atoms with Gasteiger partial charge in [-0.25, -0.2) is 14.6 Å². The maximum atomic E-state index is 11.0. The fourth-order valence-corrected chi connectivity index (χ4v) is 2.41. The van der Waals surface area contributed by atoms with Crippen LogP contribution in [-0.2, 0) is 9.47 Å². The summed E-state index contributed by atoms with van der Waals surface area (Å²) in [6.07, 6.45) is 2.71. The van der Waals surface area contributed by atoms with Crippen molar-refractivity contribution in [2.24, 2.45) is 0 Å². The van der Waals surface area contributed by atoms with E-state index in [4.69, 9.17) is 11.6 Å². The molecule has 0 amide bonds. The molecule has 2 aromatic rings. The molecular weight excluding hydrogens is 565 g/mol. The van der Waals surface area contributed by atoms with Crippen LogP contribution >= 0.6 is 56.8 Å². The van der Waals surface area contributed by atoms with E-state index in [2.05, 4.69) is 19.4 Å². The first-order valence-electron chi connectivity index (χ1n) is 6.16. The van der Waals surface area contributed by atoms with Crippen molar-refractivity contribution in [3.8, 4) is 0 Å². The highest BCUT2D eigenvalue weighted by Crippen LogP contribution is 2.16. The Morgan fingerprint density at radius 1 is 1.08 bits per heavy atom. The van der Waals surface area contributed by atoms with Crippen molar-refractivity contribution in [2.45, 2.75) is 0 Å². The largest absolute Gasteiger partial charge is 0.465 e. The molecule has 7 nitrogen and oxygen atoms in total. The van der Waals surface area contributed by atoms with Crippen LogP contribution < -0.4 is 5.56 Å². The first kappa shape index (κ1) is 20.8. The summed E-state index contributed by atoms with van der Waals surface area (Å²) in [5.74, 6) is -0.860. The zero-order valence-electron chi connectivity index (χ0n) is 12.4. The van der Waals surface area contributed by atoms with Crippen molar-refractivity contribution < 1.29 is 19.1 Å². The summed E-state index contributed by atoms with van der Waals surface area (Å²) in [5.41, 5.74) is 0.552. The van der Waals surface area contributed by atoms with Crippen LogP contribution in [0.15, 0.2) is 29.3 Å². The van der Waals surface area contributed by atoms with E-state index in [-0.39, 0.29) is 5.56 Å². The minimum absolute atomic E-state index is 0.205. The Labute approximate surface area is 169 Å². The molecule has 0 bridgehead atoms. The molecule has 0 aliphatic carbocycles. The molecule has 0 spiro atoms. The van der Waals surface area contributed by atoms with Crippen LogP contribution in [0.2, 0.25) is 5.15 Å². The summed E-state index contributed by atoms with van der Waals surface area (Å²) in [6, 6.07) is 3.10. The lowest BCUT2D eigenvalue weighted by Crippen LogP contribution is -2.12. The van der Waals surface area contributed by atoms with Crippen molar-refractivity contribution in [3.05, 3.63) is 58.3 Å². The predicted molar refractivity (Wildman–Crippen MR) is 104 cm³/mol. The molecule has 128 valence electrons. The third-order valence-electron chi connectivity index (χ3n) is 2.50. The predicted octanol–water partition coefficient (Wildman–Crippen LogP) is 2.89. The molecule has 2 rings (SSSR count). The summed E-state index contributed by atoms with van der Waals surface area (Å²) in [5, 5.41) is 0.392. The molecule has 0 saturated heterocycles. The zero-order valence-corrected chi connectivity index (χ0v) is 17.5. The first-order valence-corrected chi connectivity index (χ1v) is 8.69. The van der Waals surface area contributed by atoms with Crippen LogP contribution in [0.4, 0.5) is 0 Å². The number of aromatic nitrogens is 2. The minimum atomic E-state index is -0.454. The number of esters is 2. The van der Waals surface area contributed by atoms with Crippen LogP contribution in [0.3, 0.4) is 0 Å². The molecule has 0 atom stereocenters. The Morgan fingerprint density at radius 3 is 2.12 bits per heavy atom. The second-order valence-electron chi connectivity index (χ2n) is 4.05. The second-order valence-corrected chi connectivity index (χ2v) is 6.73. The minimum Gasteiger partial charge on any atom is -0.465 e. The molecule has 2 heterocycles. The number of hydrogen-bond acceptors (Lipinski definition) is 6. The van der Waals surface area contributed by atoms with Gasteiger partial charge < -0.3 is 14.5 Å². The van der Waals surface area contributed by atoms with Gasteiger partial charge in [-0.3, -0.25) is 4.79 Å². The van der Waals surface area contributed by atoms with Gasteiger partial charge in [0.25, 0.3) is 5.56 Å². The van der Waals surface area contributed by atoms with Gasteiger partial charge in [-0.05, 0) is 57.3 Å². The summed E-state index contributed by atoms with van der Waals surface area (Å²) < 4.78 is 10.2. The normalized spacial score (nSPS) is 9.54. The highest BCUT2D eigenvalue weighted by molar-refractivity contribution is 14.1. The lowest BCUT2D eigenvalue weighted by Gasteiger charge is -1.99. The number of carbonyl (C=O) groups excluding carboxylic acids is 2. The number of nitrogens with zero attached hydrogens (tertiary/aromatic N) is 1. The Bertz CT molecular complexity index is 810. The third-order valence-corrected chi connectivity index (χ3v) is 4.74. The number of methoxy groups -OCH3 is 2.